The van der Waals surface area contributed by atoms with Gasteiger partial charge in [0.1, 0.15) is 6.04 Å². The van der Waals surface area contributed by atoms with Gasteiger partial charge in [0.05, 0.1) is 0 Å². The van der Waals surface area contributed by atoms with Crippen LogP contribution in [0.1, 0.15) is 58.3 Å². The average Bonchev–Trinajstić information content (AvgIpc) is 2.30. The van der Waals surface area contributed by atoms with Gasteiger partial charge in [-0.1, -0.05) is 32.6 Å². The third-order valence-corrected chi connectivity index (χ3v) is 4.54. The fraction of sp³-hybridized carbons (Fsp3) is 0.929. The van der Waals surface area contributed by atoms with Crippen molar-refractivity contribution in [2.45, 2.75) is 70.4 Å². The Morgan fingerprint density at radius 3 is 2.47 bits per heavy atom. The zero-order valence-electron chi connectivity index (χ0n) is 10.9. The van der Waals surface area contributed by atoms with Gasteiger partial charge in [-0.25, -0.2) is 0 Å². The number of rotatable bonds is 2. The molecule has 1 aliphatic carbocycles. The van der Waals surface area contributed by atoms with Crippen LogP contribution >= 0.6 is 0 Å². The van der Waals surface area contributed by atoms with E-state index in [-0.39, 0.29) is 6.04 Å². The molecule has 17 heavy (non-hydrogen) atoms. The second-order valence-electron chi connectivity index (χ2n) is 5.85. The summed E-state index contributed by atoms with van der Waals surface area (Å²) in [5, 5.41) is 9.13. The SMILES string of the molecule is CC1CCCCCC(N2CCC2C(=O)O)CC1. The lowest BCUT2D eigenvalue weighted by Crippen LogP contribution is -2.56. The summed E-state index contributed by atoms with van der Waals surface area (Å²) in [4.78, 5) is 13.3. The number of aliphatic carboxylic acids is 1. The van der Waals surface area contributed by atoms with Gasteiger partial charge in [0.15, 0.2) is 0 Å². The average molecular weight is 239 g/mol. The number of carbonyl (C=O) groups is 1. The third kappa shape index (κ3) is 3.21. The van der Waals surface area contributed by atoms with Crippen LogP contribution in [-0.4, -0.2) is 34.6 Å². The number of nitrogens with zero attached hydrogens (tertiary/aromatic N) is 1. The minimum Gasteiger partial charge on any atom is -0.480 e. The molecule has 1 aliphatic heterocycles. The molecule has 3 nitrogen and oxygen atoms in total. The number of carboxylic acids is 1. The summed E-state index contributed by atoms with van der Waals surface area (Å²) in [5.74, 6) is 0.198. The molecule has 2 aliphatic rings. The predicted molar refractivity (Wildman–Crippen MR) is 68.0 cm³/mol. The van der Waals surface area contributed by atoms with Gasteiger partial charge < -0.3 is 5.11 Å². The van der Waals surface area contributed by atoms with Gasteiger partial charge in [-0.15, -0.1) is 0 Å². The molecule has 0 bridgehead atoms. The molecule has 1 saturated carbocycles. The van der Waals surface area contributed by atoms with Gasteiger partial charge in [-0.05, 0) is 31.6 Å². The van der Waals surface area contributed by atoms with Crippen LogP contribution in [0, 0.1) is 5.92 Å². The maximum absolute atomic E-state index is 11.1. The van der Waals surface area contributed by atoms with Crippen molar-refractivity contribution in [1.29, 1.82) is 0 Å². The lowest BCUT2D eigenvalue weighted by molar-refractivity contribution is -0.150. The van der Waals surface area contributed by atoms with Gasteiger partial charge in [-0.2, -0.15) is 0 Å². The molecular formula is C14H25NO2. The Balaban J connectivity index is 1.91. The van der Waals surface area contributed by atoms with Crippen molar-refractivity contribution < 1.29 is 9.90 Å². The van der Waals surface area contributed by atoms with Crippen molar-refractivity contribution in [3.05, 3.63) is 0 Å². The molecule has 2 rings (SSSR count). The summed E-state index contributed by atoms with van der Waals surface area (Å²) in [5.41, 5.74) is 0. The normalized spacial score (nSPS) is 36.4. The Bertz CT molecular complexity index is 267. The highest BCUT2D eigenvalue weighted by Gasteiger charge is 2.38. The number of likely N-dealkylation sites (tertiary alicyclic amines) is 1. The van der Waals surface area contributed by atoms with Gasteiger partial charge in [0, 0.05) is 12.6 Å². The van der Waals surface area contributed by atoms with Crippen molar-refractivity contribution >= 4 is 5.97 Å². The molecule has 2 fully saturated rings. The first-order chi connectivity index (χ1) is 8.18. The molecular weight excluding hydrogens is 214 g/mol. The molecule has 3 unspecified atom stereocenters. The van der Waals surface area contributed by atoms with Crippen LogP contribution in [0.4, 0.5) is 0 Å². The van der Waals surface area contributed by atoms with Crippen molar-refractivity contribution in [1.82, 2.24) is 4.90 Å². The third-order valence-electron chi connectivity index (χ3n) is 4.54. The molecule has 3 heteroatoms. The molecule has 0 spiro atoms. The first-order valence-corrected chi connectivity index (χ1v) is 7.17. The summed E-state index contributed by atoms with van der Waals surface area (Å²) in [6.07, 6.45) is 9.84. The summed E-state index contributed by atoms with van der Waals surface area (Å²) < 4.78 is 0. The Morgan fingerprint density at radius 2 is 1.82 bits per heavy atom. The van der Waals surface area contributed by atoms with E-state index in [1.165, 1.54) is 44.9 Å². The Morgan fingerprint density at radius 1 is 1.06 bits per heavy atom. The van der Waals surface area contributed by atoms with Crippen LogP contribution in [-0.2, 0) is 4.79 Å². The van der Waals surface area contributed by atoms with E-state index in [0.717, 1.165) is 18.9 Å². The zero-order valence-corrected chi connectivity index (χ0v) is 10.9. The molecule has 98 valence electrons. The van der Waals surface area contributed by atoms with E-state index < -0.39 is 5.97 Å². The van der Waals surface area contributed by atoms with Crippen molar-refractivity contribution in [3.63, 3.8) is 0 Å². The fourth-order valence-electron chi connectivity index (χ4n) is 3.26. The van der Waals surface area contributed by atoms with Crippen LogP contribution < -0.4 is 0 Å². The topological polar surface area (TPSA) is 40.5 Å². The first kappa shape index (κ1) is 12.9. The van der Waals surface area contributed by atoms with E-state index >= 15 is 0 Å². The molecule has 1 heterocycles. The van der Waals surface area contributed by atoms with E-state index in [4.69, 9.17) is 5.11 Å². The van der Waals surface area contributed by atoms with E-state index in [0.29, 0.717) is 6.04 Å². The smallest absolute Gasteiger partial charge is 0.320 e. The summed E-state index contributed by atoms with van der Waals surface area (Å²) >= 11 is 0. The van der Waals surface area contributed by atoms with Crippen molar-refractivity contribution in [2.24, 2.45) is 5.92 Å². The van der Waals surface area contributed by atoms with Crippen LogP contribution in [0.25, 0.3) is 0 Å². The molecule has 0 aromatic carbocycles. The molecule has 0 aromatic heterocycles. The second-order valence-corrected chi connectivity index (χ2v) is 5.85. The number of carboxylic acid groups (broad SMARTS) is 1. The van der Waals surface area contributed by atoms with Gasteiger partial charge >= 0.3 is 5.97 Å². The molecule has 1 saturated heterocycles. The predicted octanol–water partition coefficient (Wildman–Crippen LogP) is 2.89. The minimum atomic E-state index is -0.621. The Hall–Kier alpha value is -0.570. The summed E-state index contributed by atoms with van der Waals surface area (Å²) in [6.45, 7) is 3.34. The highest BCUT2D eigenvalue weighted by molar-refractivity contribution is 5.74. The quantitative estimate of drug-likeness (QED) is 0.805. The lowest BCUT2D eigenvalue weighted by Gasteiger charge is -2.44. The maximum Gasteiger partial charge on any atom is 0.320 e. The highest BCUT2D eigenvalue weighted by atomic mass is 16.4. The van der Waals surface area contributed by atoms with Crippen LogP contribution in [0.5, 0.6) is 0 Å². The monoisotopic (exact) mass is 239 g/mol. The van der Waals surface area contributed by atoms with Gasteiger partial charge in [0.25, 0.3) is 0 Å². The van der Waals surface area contributed by atoms with Crippen molar-refractivity contribution in [2.75, 3.05) is 6.54 Å². The molecule has 0 radical (unpaired) electrons. The zero-order chi connectivity index (χ0) is 12.3. The van der Waals surface area contributed by atoms with Crippen molar-refractivity contribution in [3.8, 4) is 0 Å². The highest BCUT2D eigenvalue weighted by Crippen LogP contribution is 2.30. The number of hydrogen-bond acceptors (Lipinski definition) is 2. The van der Waals surface area contributed by atoms with E-state index in [2.05, 4.69) is 11.8 Å². The molecule has 0 aromatic rings. The van der Waals surface area contributed by atoms with E-state index in [1.54, 1.807) is 0 Å². The summed E-state index contributed by atoms with van der Waals surface area (Å²) in [7, 11) is 0. The van der Waals surface area contributed by atoms with Gasteiger partial charge in [-0.3, -0.25) is 9.69 Å². The lowest BCUT2D eigenvalue weighted by atomic mass is 9.92. The fourth-order valence-corrected chi connectivity index (χ4v) is 3.26. The Labute approximate surface area is 104 Å². The van der Waals surface area contributed by atoms with Gasteiger partial charge in [0.2, 0.25) is 0 Å². The Kier molecular flexibility index (Phi) is 4.43. The molecule has 1 N–H and O–H groups in total. The standard InChI is InChI=1S/C14H25NO2/c1-11-5-3-2-4-6-12(8-7-11)15-10-9-13(15)14(16)17/h11-13H,2-10H2,1H3,(H,16,17). The van der Waals surface area contributed by atoms with Crippen LogP contribution in [0.3, 0.4) is 0 Å². The number of hydrogen-bond donors (Lipinski definition) is 1. The molecule has 0 amide bonds. The van der Waals surface area contributed by atoms with Crippen LogP contribution in [0.15, 0.2) is 0 Å². The maximum atomic E-state index is 11.1. The summed E-state index contributed by atoms with van der Waals surface area (Å²) in [6, 6.07) is 0.349. The first-order valence-electron chi connectivity index (χ1n) is 7.17. The van der Waals surface area contributed by atoms with E-state index in [9.17, 15) is 4.79 Å². The van der Waals surface area contributed by atoms with E-state index in [1.807, 2.05) is 0 Å². The van der Waals surface area contributed by atoms with Crippen LogP contribution in [0.2, 0.25) is 0 Å². The minimum absolute atomic E-state index is 0.184. The largest absolute Gasteiger partial charge is 0.480 e. The second kappa shape index (κ2) is 5.85. The molecule has 3 atom stereocenters.